The first kappa shape index (κ1) is 20.9. The third-order valence-corrected chi connectivity index (χ3v) is 5.73. The molecule has 7 nitrogen and oxygen atoms in total. The molecule has 1 N–H and O–H groups in total. The van der Waals surface area contributed by atoms with Crippen LogP contribution < -0.4 is 10.7 Å². The van der Waals surface area contributed by atoms with Crippen LogP contribution in [0.15, 0.2) is 52.0 Å². The second-order valence-electron chi connectivity index (χ2n) is 6.34. The number of alkyl halides is 3. The van der Waals surface area contributed by atoms with Gasteiger partial charge in [0.15, 0.2) is 5.69 Å². The van der Waals surface area contributed by atoms with Gasteiger partial charge in [-0.15, -0.1) is 10.2 Å². The van der Waals surface area contributed by atoms with Crippen molar-refractivity contribution in [1.29, 1.82) is 0 Å². The summed E-state index contributed by atoms with van der Waals surface area (Å²) in [7, 11) is 0. The summed E-state index contributed by atoms with van der Waals surface area (Å²) in [6, 6.07) is 7.44. The average molecular weight is 463 g/mol. The van der Waals surface area contributed by atoms with E-state index in [9.17, 15) is 22.8 Å². The Morgan fingerprint density at radius 2 is 1.97 bits per heavy atom. The number of aromatic nitrogens is 4. The summed E-state index contributed by atoms with van der Waals surface area (Å²) in [5.74, 6) is -0.834. The van der Waals surface area contributed by atoms with Crippen LogP contribution >= 0.6 is 22.7 Å². The Balaban J connectivity index is 1.65. The molecule has 0 saturated heterocycles. The van der Waals surface area contributed by atoms with Gasteiger partial charge in [0.1, 0.15) is 5.01 Å². The van der Waals surface area contributed by atoms with Crippen molar-refractivity contribution in [3.8, 4) is 16.3 Å². The zero-order valence-corrected chi connectivity index (χ0v) is 17.3. The minimum atomic E-state index is -4.54. The van der Waals surface area contributed by atoms with E-state index >= 15 is 0 Å². The van der Waals surface area contributed by atoms with Crippen LogP contribution in [-0.4, -0.2) is 25.9 Å². The van der Waals surface area contributed by atoms with E-state index in [-0.39, 0.29) is 16.5 Å². The average Bonchev–Trinajstić information content (AvgIpc) is 3.39. The number of nitrogens with zero attached hydrogens (tertiary/aromatic N) is 4. The van der Waals surface area contributed by atoms with Crippen LogP contribution in [0.3, 0.4) is 0 Å². The summed E-state index contributed by atoms with van der Waals surface area (Å²) in [4.78, 5) is 25.0. The molecule has 0 aliphatic rings. The highest BCUT2D eigenvalue weighted by molar-refractivity contribution is 7.19. The van der Waals surface area contributed by atoms with E-state index in [1.807, 2.05) is 16.8 Å². The maximum absolute atomic E-state index is 13.0. The van der Waals surface area contributed by atoms with E-state index in [2.05, 4.69) is 20.6 Å². The SMILES string of the molecule is Cc1cc(=O)c(C(=O)Nc2nnc(-c3ccsc3)s2)nn1-c1cccc(C(F)(F)F)c1. The molecule has 1 aromatic carbocycles. The Bertz CT molecular complexity index is 1310. The van der Waals surface area contributed by atoms with Gasteiger partial charge in [-0.25, -0.2) is 4.68 Å². The van der Waals surface area contributed by atoms with Crippen molar-refractivity contribution in [2.45, 2.75) is 13.1 Å². The number of hydrogen-bond donors (Lipinski definition) is 1. The number of aryl methyl sites for hydroxylation is 1. The summed E-state index contributed by atoms with van der Waals surface area (Å²) >= 11 is 2.61. The van der Waals surface area contributed by atoms with Crippen LogP contribution in [-0.2, 0) is 6.18 Å². The van der Waals surface area contributed by atoms with Gasteiger partial charge < -0.3 is 0 Å². The number of amides is 1. The fraction of sp³-hybridized carbons (Fsp3) is 0.105. The van der Waals surface area contributed by atoms with E-state index in [4.69, 9.17) is 0 Å². The number of benzene rings is 1. The third-order valence-electron chi connectivity index (χ3n) is 4.15. The summed E-state index contributed by atoms with van der Waals surface area (Å²) in [6.07, 6.45) is -4.54. The summed E-state index contributed by atoms with van der Waals surface area (Å²) in [5.41, 5.74) is -0.821. The molecule has 31 heavy (non-hydrogen) atoms. The molecule has 0 atom stereocenters. The zero-order valence-electron chi connectivity index (χ0n) is 15.7. The minimum Gasteiger partial charge on any atom is -0.295 e. The second-order valence-corrected chi connectivity index (χ2v) is 8.09. The van der Waals surface area contributed by atoms with Crippen LogP contribution in [0.1, 0.15) is 21.7 Å². The van der Waals surface area contributed by atoms with Crippen LogP contribution in [0.4, 0.5) is 18.3 Å². The van der Waals surface area contributed by atoms with Crippen molar-refractivity contribution in [3.63, 3.8) is 0 Å². The fourth-order valence-electron chi connectivity index (χ4n) is 2.71. The highest BCUT2D eigenvalue weighted by Crippen LogP contribution is 2.30. The Hall–Kier alpha value is -3.38. The second kappa shape index (κ2) is 8.04. The predicted molar refractivity (Wildman–Crippen MR) is 111 cm³/mol. The smallest absolute Gasteiger partial charge is 0.295 e. The molecule has 12 heteroatoms. The lowest BCUT2D eigenvalue weighted by molar-refractivity contribution is -0.137. The van der Waals surface area contributed by atoms with E-state index in [0.717, 1.165) is 39.8 Å². The molecule has 0 saturated carbocycles. The molecule has 3 heterocycles. The molecule has 0 unspecified atom stereocenters. The Kier molecular flexibility index (Phi) is 5.41. The molecule has 4 aromatic rings. The predicted octanol–water partition coefficient (Wildman–Crippen LogP) is 4.39. The monoisotopic (exact) mass is 463 g/mol. The number of rotatable bonds is 4. The van der Waals surface area contributed by atoms with E-state index in [1.165, 1.54) is 30.4 Å². The maximum Gasteiger partial charge on any atom is 0.416 e. The molecule has 3 aromatic heterocycles. The third kappa shape index (κ3) is 4.39. The molecule has 0 aliphatic heterocycles. The van der Waals surface area contributed by atoms with Gasteiger partial charge in [-0.1, -0.05) is 17.4 Å². The molecule has 1 amide bonds. The molecule has 0 fully saturated rings. The highest BCUT2D eigenvalue weighted by Gasteiger charge is 2.30. The van der Waals surface area contributed by atoms with Crippen molar-refractivity contribution < 1.29 is 18.0 Å². The molecular formula is C19H12F3N5O2S2. The zero-order chi connectivity index (χ0) is 22.2. The van der Waals surface area contributed by atoms with Crippen molar-refractivity contribution in [1.82, 2.24) is 20.0 Å². The van der Waals surface area contributed by atoms with Crippen LogP contribution in [0.5, 0.6) is 0 Å². The van der Waals surface area contributed by atoms with E-state index in [1.54, 1.807) is 0 Å². The van der Waals surface area contributed by atoms with Crippen molar-refractivity contribution >= 4 is 33.7 Å². The molecule has 0 aliphatic carbocycles. The van der Waals surface area contributed by atoms with Crippen molar-refractivity contribution in [2.24, 2.45) is 0 Å². The Labute approximate surface area is 180 Å². The Morgan fingerprint density at radius 1 is 1.16 bits per heavy atom. The maximum atomic E-state index is 13.0. The highest BCUT2D eigenvalue weighted by atomic mass is 32.1. The Morgan fingerprint density at radius 3 is 2.68 bits per heavy atom. The quantitative estimate of drug-likeness (QED) is 0.485. The molecule has 158 valence electrons. The first-order valence-corrected chi connectivity index (χ1v) is 10.4. The summed E-state index contributed by atoms with van der Waals surface area (Å²) in [5, 5.41) is 18.9. The number of halogens is 3. The fourth-order valence-corrected chi connectivity index (χ4v) is 4.16. The number of carbonyl (C=O) groups excluding carboxylic acids is 1. The number of carbonyl (C=O) groups is 1. The van der Waals surface area contributed by atoms with Gasteiger partial charge in [-0.3, -0.25) is 14.9 Å². The lowest BCUT2D eigenvalue weighted by atomic mass is 10.2. The topological polar surface area (TPSA) is 89.8 Å². The number of nitrogens with one attached hydrogen (secondary N) is 1. The summed E-state index contributed by atoms with van der Waals surface area (Å²) < 4.78 is 40.3. The van der Waals surface area contributed by atoms with Gasteiger partial charge in [0.2, 0.25) is 10.6 Å². The number of hydrogen-bond acceptors (Lipinski definition) is 7. The first-order chi connectivity index (χ1) is 14.7. The van der Waals surface area contributed by atoms with Crippen LogP contribution in [0, 0.1) is 6.92 Å². The lowest BCUT2D eigenvalue weighted by Crippen LogP contribution is -2.27. The molecule has 0 bridgehead atoms. The van der Waals surface area contributed by atoms with Crippen molar-refractivity contribution in [3.05, 3.63) is 74.3 Å². The minimum absolute atomic E-state index is 0.0667. The van der Waals surface area contributed by atoms with E-state index in [0.29, 0.717) is 5.01 Å². The van der Waals surface area contributed by atoms with Gasteiger partial charge in [0.05, 0.1) is 11.3 Å². The lowest BCUT2D eigenvalue weighted by Gasteiger charge is -2.13. The molecule has 4 rings (SSSR count). The number of thiophene rings is 1. The van der Waals surface area contributed by atoms with Gasteiger partial charge >= 0.3 is 6.18 Å². The van der Waals surface area contributed by atoms with Crippen LogP contribution in [0.2, 0.25) is 0 Å². The summed E-state index contributed by atoms with van der Waals surface area (Å²) in [6.45, 7) is 1.51. The van der Waals surface area contributed by atoms with Gasteiger partial charge in [-0.05, 0) is 36.6 Å². The standard InChI is InChI=1S/C19H12F3N5O2S2/c1-10-7-14(28)15(26-27(10)13-4-2-3-12(8-13)19(20,21)22)16(29)23-18-25-24-17(31-18)11-5-6-30-9-11/h2-9H,1H3,(H,23,25,29). The van der Waals surface area contributed by atoms with E-state index < -0.39 is 28.8 Å². The van der Waals surface area contributed by atoms with Crippen LogP contribution in [0.25, 0.3) is 16.3 Å². The van der Waals surface area contributed by atoms with Gasteiger partial charge in [0, 0.05) is 22.7 Å². The van der Waals surface area contributed by atoms with Gasteiger partial charge in [0.25, 0.3) is 5.91 Å². The first-order valence-electron chi connectivity index (χ1n) is 8.68. The molecular weight excluding hydrogens is 451 g/mol. The normalized spacial score (nSPS) is 11.5. The van der Waals surface area contributed by atoms with Gasteiger partial charge in [-0.2, -0.15) is 29.6 Å². The van der Waals surface area contributed by atoms with Crippen molar-refractivity contribution in [2.75, 3.05) is 5.32 Å². The largest absolute Gasteiger partial charge is 0.416 e. The molecule has 0 radical (unpaired) electrons. The number of anilines is 1. The molecule has 0 spiro atoms.